The van der Waals surface area contributed by atoms with Crippen LogP contribution in [0.25, 0.3) is 4.72 Å². The van der Waals surface area contributed by atoms with E-state index in [2.05, 4.69) is 48.6 Å². The van der Waals surface area contributed by atoms with Gasteiger partial charge >= 0.3 is 29.6 Å². The van der Waals surface area contributed by atoms with Crippen LogP contribution in [0.5, 0.6) is 5.75 Å². The van der Waals surface area contributed by atoms with E-state index in [0.29, 0.717) is 0 Å². The molecule has 0 radical (unpaired) electrons. The third-order valence-corrected chi connectivity index (χ3v) is 7.33. The van der Waals surface area contributed by atoms with Gasteiger partial charge in [-0.15, -0.1) is 5.69 Å². The molecular formula is C27H29N2NaO2S. The average molecular weight is 469 g/mol. The van der Waals surface area contributed by atoms with E-state index in [4.69, 9.17) is 9.46 Å². The maximum atomic E-state index is 12.2. The Morgan fingerprint density at radius 3 is 2.39 bits per heavy atom. The molecule has 1 saturated carbocycles. The van der Waals surface area contributed by atoms with Crippen molar-refractivity contribution in [1.82, 2.24) is 0 Å². The summed E-state index contributed by atoms with van der Waals surface area (Å²) in [5.41, 5.74) is 4.93. The van der Waals surface area contributed by atoms with Crippen molar-refractivity contribution >= 4 is 29.6 Å². The van der Waals surface area contributed by atoms with Gasteiger partial charge in [0.15, 0.2) is 0 Å². The minimum absolute atomic E-state index is 0. The monoisotopic (exact) mass is 468 g/mol. The van der Waals surface area contributed by atoms with Crippen molar-refractivity contribution in [3.63, 3.8) is 0 Å². The van der Waals surface area contributed by atoms with Crippen molar-refractivity contribution in [3.05, 3.63) is 88.1 Å². The van der Waals surface area contributed by atoms with Crippen molar-refractivity contribution in [2.75, 3.05) is 19.5 Å². The molecule has 6 heteroatoms. The molecular weight excluding hydrogens is 439 g/mol. The molecule has 166 valence electrons. The van der Waals surface area contributed by atoms with Crippen LogP contribution in [-0.4, -0.2) is 20.4 Å². The number of nitrogens with zero attached hydrogens (tertiary/aromatic N) is 1. The van der Waals surface area contributed by atoms with E-state index in [1.807, 2.05) is 37.4 Å². The van der Waals surface area contributed by atoms with Gasteiger partial charge in [0.2, 0.25) is 0 Å². The van der Waals surface area contributed by atoms with E-state index >= 15 is 0 Å². The summed E-state index contributed by atoms with van der Waals surface area (Å²) in [6, 6.07) is 22.6. The van der Waals surface area contributed by atoms with Gasteiger partial charge in [0.25, 0.3) is 0 Å². The van der Waals surface area contributed by atoms with Crippen molar-refractivity contribution < 1.29 is 39.1 Å². The van der Waals surface area contributed by atoms with Gasteiger partial charge in [0.05, 0.1) is 12.5 Å². The zero-order valence-corrected chi connectivity index (χ0v) is 22.6. The second-order valence-electron chi connectivity index (χ2n) is 8.30. The second-order valence-corrected chi connectivity index (χ2v) is 9.11. The fraction of sp³-hybridized carbons (Fsp3) is 0.296. The second kappa shape index (κ2) is 11.5. The summed E-state index contributed by atoms with van der Waals surface area (Å²) >= 11 is 1.40. The maximum absolute atomic E-state index is 12.2. The van der Waals surface area contributed by atoms with E-state index in [9.17, 15) is 4.79 Å². The van der Waals surface area contributed by atoms with Gasteiger partial charge in [0.1, 0.15) is 12.0 Å². The number of para-hydroxylation sites is 1. The summed E-state index contributed by atoms with van der Waals surface area (Å²) in [4.78, 5) is 13.2. The van der Waals surface area contributed by atoms with Crippen LogP contribution in [0, 0.1) is 0 Å². The normalized spacial score (nSPS) is 14.9. The molecule has 1 aliphatic carbocycles. The molecule has 0 saturated heterocycles. The molecule has 4 rings (SSSR count). The Bertz CT molecular complexity index is 1090. The fourth-order valence-electron chi connectivity index (χ4n) is 4.44. The topological polar surface area (TPSA) is 52.4 Å². The van der Waals surface area contributed by atoms with Gasteiger partial charge in [-0.25, -0.2) is 11.9 Å². The number of ether oxygens (including phenoxy) is 1. The summed E-state index contributed by atoms with van der Waals surface area (Å²) in [5.74, 6) is 0.960. The van der Waals surface area contributed by atoms with Gasteiger partial charge in [-0.3, -0.25) is 0 Å². The number of hydrogen-bond acceptors (Lipinski definition) is 4. The van der Waals surface area contributed by atoms with Crippen LogP contribution in [0.2, 0.25) is 0 Å². The molecule has 0 bridgehead atoms. The molecule has 1 fully saturated rings. The Kier molecular flexibility index (Phi) is 8.94. The molecule has 0 amide bonds. The summed E-state index contributed by atoms with van der Waals surface area (Å²) in [5, 5.41) is 3.41. The van der Waals surface area contributed by atoms with E-state index in [1.165, 1.54) is 17.5 Å². The first-order valence-corrected chi connectivity index (χ1v) is 11.8. The standard InChI is InChI=1S/C27H29N2O2S.Na/c1-19(20-10-5-4-6-11-20)22-16-21(29-32-25-13-8-7-12-24(25)31-3)17-23(26(22)28-2)27(18-30)14-9-15-27;/h4-8,10-13,16-19,28H,9,14-15H2,1-3H3;/q-1;+1. The Labute approximate surface area is 223 Å². The van der Waals surface area contributed by atoms with Crippen LogP contribution < -0.4 is 39.6 Å². The van der Waals surface area contributed by atoms with Gasteiger partial charge in [-0.1, -0.05) is 67.9 Å². The molecule has 1 atom stereocenters. The Hall–Kier alpha value is -1.92. The van der Waals surface area contributed by atoms with Crippen LogP contribution in [0.4, 0.5) is 11.4 Å². The minimum Gasteiger partial charge on any atom is -0.627 e. The van der Waals surface area contributed by atoms with Crippen molar-refractivity contribution in [3.8, 4) is 5.75 Å². The Morgan fingerprint density at radius 1 is 1.09 bits per heavy atom. The molecule has 0 aromatic heterocycles. The quantitative estimate of drug-likeness (QED) is 0.290. The molecule has 0 heterocycles. The number of methoxy groups -OCH3 is 1. The number of nitrogens with one attached hydrogen (secondary N) is 1. The number of rotatable bonds is 9. The van der Waals surface area contributed by atoms with Gasteiger partial charge < -0.3 is 19.6 Å². The Morgan fingerprint density at radius 2 is 1.79 bits per heavy atom. The third kappa shape index (κ3) is 5.27. The molecule has 0 spiro atoms. The molecule has 1 unspecified atom stereocenters. The predicted molar refractivity (Wildman–Crippen MR) is 133 cm³/mol. The third-order valence-electron chi connectivity index (χ3n) is 6.50. The van der Waals surface area contributed by atoms with Crippen molar-refractivity contribution in [2.45, 2.75) is 42.4 Å². The number of benzene rings is 3. The van der Waals surface area contributed by atoms with E-state index < -0.39 is 5.41 Å². The average Bonchev–Trinajstić information content (AvgIpc) is 2.82. The number of carbonyl (C=O) groups is 1. The van der Waals surface area contributed by atoms with Crippen LogP contribution in [0.1, 0.15) is 48.8 Å². The fourth-order valence-corrected chi connectivity index (χ4v) is 5.13. The summed E-state index contributed by atoms with van der Waals surface area (Å²) in [6.45, 7) is 2.21. The first kappa shape index (κ1) is 25.7. The predicted octanol–water partition coefficient (Wildman–Crippen LogP) is 4.23. The van der Waals surface area contributed by atoms with Gasteiger partial charge in [-0.05, 0) is 41.7 Å². The van der Waals surface area contributed by atoms with Crippen molar-refractivity contribution in [1.29, 1.82) is 0 Å². The molecule has 1 aliphatic rings. The smallest absolute Gasteiger partial charge is 0.627 e. The maximum Gasteiger partial charge on any atom is 1.00 e. The number of carbonyl (C=O) groups excluding carboxylic acids is 1. The molecule has 1 N–H and O–H groups in total. The summed E-state index contributed by atoms with van der Waals surface area (Å²) in [7, 11) is 3.61. The zero-order valence-electron chi connectivity index (χ0n) is 19.8. The number of anilines is 1. The number of aldehydes is 1. The van der Waals surface area contributed by atoms with Crippen molar-refractivity contribution in [2.24, 2.45) is 0 Å². The minimum atomic E-state index is -0.426. The van der Waals surface area contributed by atoms with E-state index in [0.717, 1.165) is 58.7 Å². The first-order valence-electron chi connectivity index (χ1n) is 11.0. The van der Waals surface area contributed by atoms with E-state index in [1.54, 1.807) is 7.11 Å². The Balaban J connectivity index is 0.00000306. The van der Waals surface area contributed by atoms with Crippen LogP contribution in [0.3, 0.4) is 0 Å². The van der Waals surface area contributed by atoms with Crippen LogP contribution in [-0.2, 0) is 10.2 Å². The van der Waals surface area contributed by atoms with Crippen LogP contribution >= 0.6 is 11.9 Å². The van der Waals surface area contributed by atoms with Crippen LogP contribution in [0.15, 0.2) is 71.6 Å². The zero-order chi connectivity index (χ0) is 22.6. The molecule has 0 aliphatic heterocycles. The summed E-state index contributed by atoms with van der Waals surface area (Å²) < 4.78 is 10.3. The number of hydrogen-bond donors (Lipinski definition) is 1. The SMILES string of the molecule is CNc1c(C(C)c2ccccc2)cc([N-]Sc2ccccc2OC)cc1C1(C=O)CCC1.[Na+]. The van der Waals surface area contributed by atoms with Gasteiger partial charge in [0, 0.05) is 23.5 Å². The van der Waals surface area contributed by atoms with E-state index in [-0.39, 0.29) is 35.5 Å². The summed E-state index contributed by atoms with van der Waals surface area (Å²) in [6.07, 6.45) is 3.98. The van der Waals surface area contributed by atoms with Gasteiger partial charge in [-0.2, -0.15) is 0 Å². The molecule has 3 aromatic rings. The molecule has 33 heavy (non-hydrogen) atoms. The molecule has 4 nitrogen and oxygen atoms in total. The largest absolute Gasteiger partial charge is 1.00 e. The molecule has 3 aromatic carbocycles. The first-order chi connectivity index (χ1) is 15.6.